The fourth-order valence-corrected chi connectivity index (χ4v) is 2.86. The molecule has 1 N–H and O–H groups in total. The van der Waals surface area contributed by atoms with Crippen LogP contribution in [0.3, 0.4) is 0 Å². The smallest absolute Gasteiger partial charge is 0.221 e. The first-order valence-electron chi connectivity index (χ1n) is 7.82. The summed E-state index contributed by atoms with van der Waals surface area (Å²) in [6.07, 6.45) is 2.54. The largest absolute Gasteiger partial charge is 0.361 e. The lowest BCUT2D eigenvalue weighted by Gasteiger charge is -2.10. The van der Waals surface area contributed by atoms with E-state index in [2.05, 4.69) is 22.0 Å². The minimum atomic E-state index is -0.143. The van der Waals surface area contributed by atoms with Crippen LogP contribution in [0.2, 0.25) is 0 Å². The second kappa shape index (κ2) is 5.96. The first-order valence-corrected chi connectivity index (χ1v) is 7.82. The van der Waals surface area contributed by atoms with Crippen LogP contribution in [0.25, 0.3) is 27.9 Å². The Morgan fingerprint density at radius 1 is 1.38 bits per heavy atom. The van der Waals surface area contributed by atoms with Gasteiger partial charge in [0.2, 0.25) is 5.91 Å². The molecule has 124 valence electrons. The number of nitrogens with one attached hydrogen (secondary N) is 1. The number of imidazole rings is 1. The van der Waals surface area contributed by atoms with Gasteiger partial charge in [-0.05, 0) is 38.0 Å². The second-order valence-corrected chi connectivity index (χ2v) is 5.81. The van der Waals surface area contributed by atoms with Gasteiger partial charge in [0.05, 0.1) is 16.9 Å². The van der Waals surface area contributed by atoms with Gasteiger partial charge < -0.3 is 14.4 Å². The number of rotatable bonds is 4. The summed E-state index contributed by atoms with van der Waals surface area (Å²) in [5.41, 5.74) is 5.88. The highest BCUT2D eigenvalue weighted by molar-refractivity contribution is 6.01. The fraction of sp³-hybridized carbons (Fsp3) is 0.278. The number of hydrogen-bond donors (Lipinski definition) is 1. The Balaban J connectivity index is 2.31. The maximum Gasteiger partial charge on any atom is 0.221 e. The molecule has 1 amide bonds. The number of allylic oxidation sites excluding steroid dienone is 1. The van der Waals surface area contributed by atoms with Crippen molar-refractivity contribution in [3.63, 3.8) is 0 Å². The van der Waals surface area contributed by atoms with E-state index in [1.165, 1.54) is 6.92 Å². The predicted molar refractivity (Wildman–Crippen MR) is 94.6 cm³/mol. The fourth-order valence-electron chi connectivity index (χ4n) is 2.86. The van der Waals surface area contributed by atoms with Crippen LogP contribution in [0.4, 0.5) is 5.69 Å². The van der Waals surface area contributed by atoms with Gasteiger partial charge in [0.15, 0.2) is 0 Å². The number of hydrogen-bond acceptors (Lipinski definition) is 4. The molecule has 0 aliphatic heterocycles. The molecular formula is C18H20N4O2. The summed E-state index contributed by atoms with van der Waals surface area (Å²) < 4.78 is 7.23. The number of amides is 1. The van der Waals surface area contributed by atoms with Crippen LogP contribution in [0.1, 0.15) is 31.7 Å². The average Bonchev–Trinajstić information content (AvgIpc) is 3.09. The summed E-state index contributed by atoms with van der Waals surface area (Å²) in [4.78, 5) is 16.0. The van der Waals surface area contributed by atoms with Crippen molar-refractivity contribution in [1.82, 2.24) is 14.7 Å². The molecule has 0 spiro atoms. The Hall–Kier alpha value is -2.89. The number of nitrogens with zero attached hydrogens (tertiary/aromatic N) is 3. The number of aromatic nitrogens is 3. The second-order valence-electron chi connectivity index (χ2n) is 5.81. The maximum atomic E-state index is 11.6. The van der Waals surface area contributed by atoms with E-state index in [1.807, 2.05) is 37.5 Å². The Morgan fingerprint density at radius 3 is 2.71 bits per heavy atom. The molecule has 0 unspecified atom stereocenters. The molecule has 3 aromatic rings. The average molecular weight is 324 g/mol. The molecule has 0 saturated heterocycles. The van der Waals surface area contributed by atoms with Crippen molar-refractivity contribution < 1.29 is 9.32 Å². The van der Waals surface area contributed by atoms with Crippen LogP contribution in [-0.4, -0.2) is 20.6 Å². The molecule has 6 nitrogen and oxygen atoms in total. The summed E-state index contributed by atoms with van der Waals surface area (Å²) in [6, 6.07) is 3.93. The quantitative estimate of drug-likeness (QED) is 0.782. The molecule has 0 aliphatic rings. The van der Waals surface area contributed by atoms with Crippen LogP contribution in [0.15, 0.2) is 29.6 Å². The van der Waals surface area contributed by atoms with Crippen molar-refractivity contribution in [2.45, 2.75) is 34.1 Å². The molecule has 0 radical (unpaired) electrons. The van der Waals surface area contributed by atoms with Gasteiger partial charge in [-0.25, -0.2) is 4.98 Å². The van der Waals surface area contributed by atoms with Crippen LogP contribution < -0.4 is 5.32 Å². The Labute approximate surface area is 140 Å². The van der Waals surface area contributed by atoms with Gasteiger partial charge in [0, 0.05) is 18.2 Å². The molecule has 0 saturated carbocycles. The number of benzene rings is 1. The summed E-state index contributed by atoms with van der Waals surface area (Å²) in [5, 5.41) is 6.89. The van der Waals surface area contributed by atoms with Crippen molar-refractivity contribution in [3.8, 4) is 11.1 Å². The number of aryl methyl sites for hydroxylation is 2. The van der Waals surface area contributed by atoms with E-state index in [9.17, 15) is 4.79 Å². The van der Waals surface area contributed by atoms with Gasteiger partial charge in [0.25, 0.3) is 0 Å². The van der Waals surface area contributed by atoms with Gasteiger partial charge in [-0.2, -0.15) is 0 Å². The van der Waals surface area contributed by atoms with E-state index in [-0.39, 0.29) is 5.91 Å². The van der Waals surface area contributed by atoms with Crippen molar-refractivity contribution >= 4 is 28.3 Å². The van der Waals surface area contributed by atoms with Gasteiger partial charge in [0.1, 0.15) is 17.6 Å². The molecule has 1 aromatic carbocycles. The summed E-state index contributed by atoms with van der Waals surface area (Å²) in [5.74, 6) is 0.595. The van der Waals surface area contributed by atoms with Crippen molar-refractivity contribution in [2.75, 3.05) is 5.32 Å². The molecule has 3 rings (SSSR count). The number of fused-ring (bicyclic) bond motifs is 1. The van der Waals surface area contributed by atoms with E-state index in [4.69, 9.17) is 4.52 Å². The van der Waals surface area contributed by atoms with Crippen molar-refractivity contribution in [1.29, 1.82) is 0 Å². The van der Waals surface area contributed by atoms with Crippen molar-refractivity contribution in [2.24, 2.45) is 0 Å². The molecule has 0 aliphatic carbocycles. The zero-order valence-electron chi connectivity index (χ0n) is 14.3. The molecule has 0 atom stereocenters. The van der Waals surface area contributed by atoms with Crippen LogP contribution in [-0.2, 0) is 4.79 Å². The monoisotopic (exact) mass is 324 g/mol. The maximum absolute atomic E-state index is 11.6. The van der Waals surface area contributed by atoms with Gasteiger partial charge in [-0.1, -0.05) is 18.7 Å². The van der Waals surface area contributed by atoms with E-state index in [0.29, 0.717) is 5.69 Å². The predicted octanol–water partition coefficient (Wildman–Crippen LogP) is 4.15. The molecular weight excluding hydrogens is 304 g/mol. The van der Waals surface area contributed by atoms with Gasteiger partial charge in [-0.15, -0.1) is 0 Å². The molecule has 0 fully saturated rings. The number of carbonyl (C=O) groups excluding carboxylic acids is 1. The summed E-state index contributed by atoms with van der Waals surface area (Å²) >= 11 is 0. The topological polar surface area (TPSA) is 73.0 Å². The first kappa shape index (κ1) is 16.0. The Morgan fingerprint density at radius 2 is 2.12 bits per heavy atom. The Kier molecular flexibility index (Phi) is 3.97. The lowest BCUT2D eigenvalue weighted by Crippen LogP contribution is -2.06. The van der Waals surface area contributed by atoms with Crippen LogP contribution in [0, 0.1) is 13.8 Å². The van der Waals surface area contributed by atoms with E-state index < -0.39 is 0 Å². The molecule has 0 bridgehead atoms. The number of anilines is 1. The molecule has 2 heterocycles. The SMILES string of the molecule is C=C(CC)n1cnc2c(NC(C)=O)cc(-c3c(C)noc3C)cc21. The van der Waals surface area contributed by atoms with Crippen LogP contribution in [0.5, 0.6) is 0 Å². The summed E-state index contributed by atoms with van der Waals surface area (Å²) in [6.45, 7) is 11.4. The number of carbonyl (C=O) groups is 1. The first-order chi connectivity index (χ1) is 11.4. The zero-order valence-corrected chi connectivity index (χ0v) is 14.3. The Bertz CT molecular complexity index is 930. The highest BCUT2D eigenvalue weighted by atomic mass is 16.5. The molecule has 24 heavy (non-hydrogen) atoms. The minimum absolute atomic E-state index is 0.143. The van der Waals surface area contributed by atoms with E-state index in [0.717, 1.165) is 45.7 Å². The van der Waals surface area contributed by atoms with Crippen LogP contribution >= 0.6 is 0 Å². The standard InChI is InChI=1S/C18H20N4O2/c1-6-10(2)22-9-19-18-15(20-13(5)23)7-14(8-16(18)22)17-11(3)21-24-12(17)4/h7-9H,2,6H2,1,3-5H3,(H,20,23). The van der Waals surface area contributed by atoms with Crippen molar-refractivity contribution in [3.05, 3.63) is 36.5 Å². The third kappa shape index (κ3) is 2.60. The zero-order chi connectivity index (χ0) is 17.4. The third-order valence-electron chi connectivity index (χ3n) is 4.03. The van der Waals surface area contributed by atoms with E-state index in [1.54, 1.807) is 6.33 Å². The van der Waals surface area contributed by atoms with E-state index >= 15 is 0 Å². The minimum Gasteiger partial charge on any atom is -0.361 e. The molecule has 6 heteroatoms. The summed E-state index contributed by atoms with van der Waals surface area (Å²) in [7, 11) is 0. The van der Waals surface area contributed by atoms with Gasteiger partial charge >= 0.3 is 0 Å². The highest BCUT2D eigenvalue weighted by Crippen LogP contribution is 2.34. The molecule has 2 aromatic heterocycles. The lowest BCUT2D eigenvalue weighted by atomic mass is 10.0. The van der Waals surface area contributed by atoms with Gasteiger partial charge in [-0.3, -0.25) is 4.79 Å². The normalized spacial score (nSPS) is 11.0. The lowest BCUT2D eigenvalue weighted by molar-refractivity contribution is -0.114. The third-order valence-corrected chi connectivity index (χ3v) is 4.03. The highest BCUT2D eigenvalue weighted by Gasteiger charge is 2.17.